The van der Waals surface area contributed by atoms with Gasteiger partial charge >= 0.3 is 5.97 Å². The Hall–Kier alpha value is -2.11. The number of rotatable bonds is 3. The van der Waals surface area contributed by atoms with Crippen LogP contribution in [-0.4, -0.2) is 30.6 Å². The molecular formula is C12H12FNO4. The van der Waals surface area contributed by atoms with E-state index in [9.17, 15) is 14.0 Å². The molecule has 0 aliphatic carbocycles. The standard InChI is InChI=1S/C12H12FNO4/c1-18-10-3-2-8(13)5-9(10)14-6-7(12(16)17)4-11(14)15/h2-3,5,7H,4,6H2,1H3,(H,16,17). The van der Waals surface area contributed by atoms with Gasteiger partial charge in [-0.15, -0.1) is 0 Å². The molecule has 0 saturated carbocycles. The van der Waals surface area contributed by atoms with E-state index in [1.165, 1.54) is 30.2 Å². The van der Waals surface area contributed by atoms with Gasteiger partial charge in [-0.05, 0) is 12.1 Å². The number of carboxylic acids is 1. The van der Waals surface area contributed by atoms with Crippen molar-refractivity contribution in [3.63, 3.8) is 0 Å². The number of carboxylic acid groups (broad SMARTS) is 1. The van der Waals surface area contributed by atoms with Crippen LogP contribution in [0.25, 0.3) is 0 Å². The molecule has 0 spiro atoms. The number of amides is 1. The second-order valence-corrected chi connectivity index (χ2v) is 4.06. The number of anilines is 1. The predicted octanol–water partition coefficient (Wildman–Crippen LogP) is 1.27. The summed E-state index contributed by atoms with van der Waals surface area (Å²) >= 11 is 0. The van der Waals surface area contributed by atoms with Crippen molar-refractivity contribution in [2.45, 2.75) is 6.42 Å². The maximum absolute atomic E-state index is 13.2. The molecule has 6 heteroatoms. The fraction of sp³-hybridized carbons (Fsp3) is 0.333. The Morgan fingerprint density at radius 1 is 1.56 bits per heavy atom. The fourth-order valence-corrected chi connectivity index (χ4v) is 1.98. The highest BCUT2D eigenvalue weighted by Gasteiger charge is 2.36. The van der Waals surface area contributed by atoms with Gasteiger partial charge in [0.2, 0.25) is 5.91 Å². The Morgan fingerprint density at radius 3 is 2.83 bits per heavy atom. The maximum Gasteiger partial charge on any atom is 0.308 e. The summed E-state index contributed by atoms with van der Waals surface area (Å²) in [4.78, 5) is 23.9. The first-order valence-corrected chi connectivity index (χ1v) is 5.39. The molecule has 1 aliphatic heterocycles. The Kier molecular flexibility index (Phi) is 3.18. The van der Waals surface area contributed by atoms with Gasteiger partial charge in [0.05, 0.1) is 18.7 Å². The molecule has 1 fully saturated rings. The summed E-state index contributed by atoms with van der Waals surface area (Å²) in [6, 6.07) is 3.80. The first kappa shape index (κ1) is 12.3. The number of hydrogen-bond donors (Lipinski definition) is 1. The number of carbonyl (C=O) groups excluding carboxylic acids is 1. The van der Waals surface area contributed by atoms with Crippen molar-refractivity contribution in [3.8, 4) is 5.75 Å². The van der Waals surface area contributed by atoms with Crippen LogP contribution in [0.3, 0.4) is 0 Å². The van der Waals surface area contributed by atoms with E-state index >= 15 is 0 Å². The van der Waals surface area contributed by atoms with Crippen molar-refractivity contribution in [3.05, 3.63) is 24.0 Å². The van der Waals surface area contributed by atoms with Crippen LogP contribution in [0.15, 0.2) is 18.2 Å². The van der Waals surface area contributed by atoms with Crippen LogP contribution in [0.1, 0.15) is 6.42 Å². The molecule has 1 amide bonds. The Labute approximate surface area is 103 Å². The summed E-state index contributed by atoms with van der Waals surface area (Å²) in [5.41, 5.74) is 0.270. The van der Waals surface area contributed by atoms with Gasteiger partial charge in [-0.3, -0.25) is 9.59 Å². The highest BCUT2D eigenvalue weighted by Crippen LogP contribution is 2.33. The molecule has 1 atom stereocenters. The lowest BCUT2D eigenvalue weighted by Crippen LogP contribution is -2.26. The first-order chi connectivity index (χ1) is 8.52. The zero-order valence-electron chi connectivity index (χ0n) is 9.72. The minimum Gasteiger partial charge on any atom is -0.495 e. The summed E-state index contributed by atoms with van der Waals surface area (Å²) in [5, 5.41) is 8.89. The van der Waals surface area contributed by atoms with Crippen molar-refractivity contribution >= 4 is 17.6 Å². The van der Waals surface area contributed by atoms with Crippen LogP contribution in [0.2, 0.25) is 0 Å². The van der Waals surface area contributed by atoms with Gasteiger partial charge in [0.1, 0.15) is 11.6 Å². The average Bonchev–Trinajstić information content (AvgIpc) is 2.71. The number of ether oxygens (including phenoxy) is 1. The summed E-state index contributed by atoms with van der Waals surface area (Å²) < 4.78 is 18.3. The lowest BCUT2D eigenvalue weighted by molar-refractivity contribution is -0.141. The zero-order valence-corrected chi connectivity index (χ0v) is 9.72. The second kappa shape index (κ2) is 4.64. The Balaban J connectivity index is 2.34. The van der Waals surface area contributed by atoms with E-state index < -0.39 is 17.7 Å². The van der Waals surface area contributed by atoms with Gasteiger partial charge < -0.3 is 14.7 Å². The summed E-state index contributed by atoms with van der Waals surface area (Å²) in [7, 11) is 1.41. The van der Waals surface area contributed by atoms with E-state index in [0.29, 0.717) is 5.75 Å². The summed E-state index contributed by atoms with van der Waals surface area (Å²) in [6.07, 6.45) is -0.0744. The summed E-state index contributed by atoms with van der Waals surface area (Å²) in [5.74, 6) is -2.29. The Morgan fingerprint density at radius 2 is 2.28 bits per heavy atom. The van der Waals surface area contributed by atoms with Gasteiger partial charge in [-0.1, -0.05) is 0 Å². The van der Waals surface area contributed by atoms with Gasteiger partial charge in [0, 0.05) is 19.0 Å². The number of aliphatic carboxylic acids is 1. The van der Waals surface area contributed by atoms with Crippen molar-refractivity contribution in [1.29, 1.82) is 0 Å². The molecular weight excluding hydrogens is 241 g/mol. The highest BCUT2D eigenvalue weighted by atomic mass is 19.1. The molecule has 0 radical (unpaired) electrons. The molecule has 1 aromatic carbocycles. The smallest absolute Gasteiger partial charge is 0.308 e. The number of hydrogen-bond acceptors (Lipinski definition) is 3. The molecule has 18 heavy (non-hydrogen) atoms. The molecule has 5 nitrogen and oxygen atoms in total. The third kappa shape index (κ3) is 2.13. The number of benzene rings is 1. The fourth-order valence-electron chi connectivity index (χ4n) is 1.98. The minimum absolute atomic E-state index is 0.0357. The molecule has 1 aromatic rings. The first-order valence-electron chi connectivity index (χ1n) is 5.39. The van der Waals surface area contributed by atoms with Crippen molar-refractivity contribution in [2.75, 3.05) is 18.6 Å². The second-order valence-electron chi connectivity index (χ2n) is 4.06. The van der Waals surface area contributed by atoms with E-state index in [2.05, 4.69) is 0 Å². The Bertz CT molecular complexity index is 503. The topological polar surface area (TPSA) is 66.8 Å². The third-order valence-electron chi connectivity index (χ3n) is 2.91. The normalized spacial score (nSPS) is 19.1. The van der Waals surface area contributed by atoms with Crippen LogP contribution in [0, 0.1) is 11.7 Å². The number of carbonyl (C=O) groups is 2. The molecule has 0 bridgehead atoms. The van der Waals surface area contributed by atoms with Gasteiger partial charge in [0.15, 0.2) is 0 Å². The van der Waals surface area contributed by atoms with Crippen molar-refractivity contribution in [2.24, 2.45) is 5.92 Å². The van der Waals surface area contributed by atoms with Crippen molar-refractivity contribution < 1.29 is 23.8 Å². The van der Waals surface area contributed by atoms with Crippen LogP contribution in [0.4, 0.5) is 10.1 Å². The largest absolute Gasteiger partial charge is 0.495 e. The van der Waals surface area contributed by atoms with Crippen LogP contribution in [-0.2, 0) is 9.59 Å². The van der Waals surface area contributed by atoms with Crippen LogP contribution >= 0.6 is 0 Å². The van der Waals surface area contributed by atoms with Crippen molar-refractivity contribution in [1.82, 2.24) is 0 Å². The van der Waals surface area contributed by atoms with Gasteiger partial charge in [0.25, 0.3) is 0 Å². The van der Waals surface area contributed by atoms with Gasteiger partial charge in [-0.25, -0.2) is 4.39 Å². The molecule has 1 aliphatic rings. The molecule has 1 N–H and O–H groups in total. The predicted molar refractivity (Wildman–Crippen MR) is 61.0 cm³/mol. The van der Waals surface area contributed by atoms with E-state index in [0.717, 1.165) is 0 Å². The quantitative estimate of drug-likeness (QED) is 0.881. The van der Waals surface area contributed by atoms with E-state index in [1.54, 1.807) is 0 Å². The maximum atomic E-state index is 13.2. The SMILES string of the molecule is COc1ccc(F)cc1N1CC(C(=O)O)CC1=O. The van der Waals surface area contributed by atoms with E-state index in [4.69, 9.17) is 9.84 Å². The molecule has 1 unspecified atom stereocenters. The van der Waals surface area contributed by atoms with E-state index in [-0.39, 0.29) is 24.6 Å². The van der Waals surface area contributed by atoms with Gasteiger partial charge in [-0.2, -0.15) is 0 Å². The molecule has 96 valence electrons. The summed E-state index contributed by atoms with van der Waals surface area (Å²) in [6.45, 7) is 0.0357. The lowest BCUT2D eigenvalue weighted by atomic mass is 10.1. The minimum atomic E-state index is -1.03. The molecule has 1 heterocycles. The number of nitrogens with zero attached hydrogens (tertiary/aromatic N) is 1. The highest BCUT2D eigenvalue weighted by molar-refractivity contribution is 6.00. The zero-order chi connectivity index (χ0) is 13.3. The third-order valence-corrected chi connectivity index (χ3v) is 2.91. The van der Waals surface area contributed by atoms with Crippen LogP contribution < -0.4 is 9.64 Å². The monoisotopic (exact) mass is 253 g/mol. The molecule has 0 aromatic heterocycles. The number of halogens is 1. The van der Waals surface area contributed by atoms with Crippen LogP contribution in [0.5, 0.6) is 5.75 Å². The average molecular weight is 253 g/mol. The lowest BCUT2D eigenvalue weighted by Gasteiger charge is -2.19. The van der Waals surface area contributed by atoms with E-state index in [1.807, 2.05) is 0 Å². The number of methoxy groups -OCH3 is 1. The molecule has 2 rings (SSSR count). The molecule has 1 saturated heterocycles.